The van der Waals surface area contributed by atoms with Gasteiger partial charge in [-0.15, -0.1) is 0 Å². The molecule has 2 N–H and O–H groups in total. The van der Waals surface area contributed by atoms with Gasteiger partial charge in [0.15, 0.2) is 0 Å². The number of carboxylic acids is 1. The first-order valence-corrected chi connectivity index (χ1v) is 6.75. The van der Waals surface area contributed by atoms with Crippen LogP contribution in [0.1, 0.15) is 53.4 Å². The average Bonchev–Trinajstić information content (AvgIpc) is 2.33. The van der Waals surface area contributed by atoms with Crippen molar-refractivity contribution in [1.82, 2.24) is 10.2 Å². The van der Waals surface area contributed by atoms with Crippen LogP contribution in [0.3, 0.4) is 0 Å². The van der Waals surface area contributed by atoms with Crippen LogP contribution >= 0.6 is 0 Å². The SMILES string of the molecule is CCCC(CC)NC(=O)N(CC(=O)O)C(C)CC. The van der Waals surface area contributed by atoms with Gasteiger partial charge in [0.25, 0.3) is 0 Å². The molecule has 0 rings (SSSR count). The van der Waals surface area contributed by atoms with E-state index in [2.05, 4.69) is 12.2 Å². The van der Waals surface area contributed by atoms with E-state index in [9.17, 15) is 9.59 Å². The fourth-order valence-electron chi connectivity index (χ4n) is 1.78. The standard InChI is InChI=1S/C13H26N2O3/c1-5-8-11(7-3)14-13(18)15(9-12(16)17)10(4)6-2/h10-11H,5-9H2,1-4H3,(H,14,18)(H,16,17). The van der Waals surface area contributed by atoms with Crippen molar-refractivity contribution in [3.8, 4) is 0 Å². The minimum Gasteiger partial charge on any atom is -0.480 e. The summed E-state index contributed by atoms with van der Waals surface area (Å²) in [7, 11) is 0. The fourth-order valence-corrected chi connectivity index (χ4v) is 1.78. The van der Waals surface area contributed by atoms with E-state index >= 15 is 0 Å². The summed E-state index contributed by atoms with van der Waals surface area (Å²) in [6.07, 6.45) is 3.52. The van der Waals surface area contributed by atoms with E-state index in [-0.39, 0.29) is 24.7 Å². The molecular formula is C13H26N2O3. The van der Waals surface area contributed by atoms with Crippen LogP contribution in [-0.4, -0.2) is 40.6 Å². The van der Waals surface area contributed by atoms with Crippen LogP contribution in [0.4, 0.5) is 4.79 Å². The molecule has 2 amide bonds. The molecule has 0 fully saturated rings. The monoisotopic (exact) mass is 258 g/mol. The van der Waals surface area contributed by atoms with E-state index < -0.39 is 5.97 Å². The van der Waals surface area contributed by atoms with Crippen LogP contribution in [0.25, 0.3) is 0 Å². The molecule has 0 aliphatic carbocycles. The Bertz CT molecular complexity index is 269. The number of hydrogen-bond donors (Lipinski definition) is 2. The van der Waals surface area contributed by atoms with E-state index in [1.165, 1.54) is 4.90 Å². The first-order valence-electron chi connectivity index (χ1n) is 6.75. The molecule has 2 unspecified atom stereocenters. The Morgan fingerprint density at radius 2 is 1.83 bits per heavy atom. The Labute approximate surface area is 110 Å². The van der Waals surface area contributed by atoms with Crippen molar-refractivity contribution in [3.05, 3.63) is 0 Å². The number of amides is 2. The maximum absolute atomic E-state index is 12.1. The maximum atomic E-state index is 12.1. The lowest BCUT2D eigenvalue weighted by Crippen LogP contribution is -2.50. The van der Waals surface area contributed by atoms with Crippen molar-refractivity contribution in [2.24, 2.45) is 0 Å². The van der Waals surface area contributed by atoms with E-state index in [0.29, 0.717) is 0 Å². The third-order valence-electron chi connectivity index (χ3n) is 3.15. The van der Waals surface area contributed by atoms with Crippen molar-refractivity contribution in [1.29, 1.82) is 0 Å². The average molecular weight is 258 g/mol. The first-order chi connectivity index (χ1) is 8.46. The molecular weight excluding hydrogens is 232 g/mol. The van der Waals surface area contributed by atoms with Gasteiger partial charge < -0.3 is 15.3 Å². The molecule has 0 spiro atoms. The van der Waals surface area contributed by atoms with Gasteiger partial charge in [0, 0.05) is 12.1 Å². The highest BCUT2D eigenvalue weighted by Crippen LogP contribution is 2.07. The predicted molar refractivity (Wildman–Crippen MR) is 71.6 cm³/mol. The molecule has 0 aromatic rings. The number of hydrogen-bond acceptors (Lipinski definition) is 2. The van der Waals surface area contributed by atoms with Gasteiger partial charge in [-0.1, -0.05) is 27.2 Å². The Balaban J connectivity index is 4.58. The number of carboxylic acid groups (broad SMARTS) is 1. The molecule has 18 heavy (non-hydrogen) atoms. The first kappa shape index (κ1) is 16.7. The summed E-state index contributed by atoms with van der Waals surface area (Å²) in [6, 6.07) is -0.213. The molecule has 0 aliphatic rings. The van der Waals surface area contributed by atoms with E-state index in [0.717, 1.165) is 25.7 Å². The normalized spacial score (nSPS) is 13.8. The summed E-state index contributed by atoms with van der Waals surface area (Å²) in [6.45, 7) is 7.65. The van der Waals surface area contributed by atoms with Crippen molar-refractivity contribution in [3.63, 3.8) is 0 Å². The lowest BCUT2D eigenvalue weighted by Gasteiger charge is -2.29. The lowest BCUT2D eigenvalue weighted by molar-refractivity contribution is -0.138. The number of carbonyl (C=O) groups excluding carboxylic acids is 1. The Morgan fingerprint density at radius 3 is 2.22 bits per heavy atom. The van der Waals surface area contributed by atoms with Crippen molar-refractivity contribution >= 4 is 12.0 Å². The molecule has 2 atom stereocenters. The highest BCUT2D eigenvalue weighted by molar-refractivity contribution is 5.80. The van der Waals surface area contributed by atoms with Gasteiger partial charge in [-0.25, -0.2) is 4.79 Å². The summed E-state index contributed by atoms with van der Waals surface area (Å²) in [4.78, 5) is 24.3. The predicted octanol–water partition coefficient (Wildman–Crippen LogP) is 2.46. The highest BCUT2D eigenvalue weighted by atomic mass is 16.4. The molecule has 0 aromatic heterocycles. The van der Waals surface area contributed by atoms with Crippen LogP contribution in [0.5, 0.6) is 0 Å². The number of nitrogens with one attached hydrogen (secondary N) is 1. The van der Waals surface area contributed by atoms with Crippen LogP contribution in [0, 0.1) is 0 Å². The summed E-state index contributed by atoms with van der Waals surface area (Å²) >= 11 is 0. The topological polar surface area (TPSA) is 69.6 Å². The lowest BCUT2D eigenvalue weighted by atomic mass is 10.1. The number of rotatable bonds is 8. The Morgan fingerprint density at radius 1 is 1.22 bits per heavy atom. The minimum atomic E-state index is -0.978. The zero-order valence-electron chi connectivity index (χ0n) is 11.9. The zero-order valence-corrected chi connectivity index (χ0v) is 11.9. The minimum absolute atomic E-state index is 0.0692. The molecule has 0 aliphatic heterocycles. The fraction of sp³-hybridized carbons (Fsp3) is 0.846. The molecule has 0 saturated carbocycles. The molecule has 5 heteroatoms. The second kappa shape index (κ2) is 8.78. The summed E-state index contributed by atoms with van der Waals surface area (Å²) in [5.74, 6) is -0.978. The summed E-state index contributed by atoms with van der Waals surface area (Å²) in [5, 5.41) is 11.8. The van der Waals surface area contributed by atoms with Gasteiger partial charge >= 0.3 is 12.0 Å². The van der Waals surface area contributed by atoms with Crippen LogP contribution < -0.4 is 5.32 Å². The van der Waals surface area contributed by atoms with Crippen LogP contribution in [0.2, 0.25) is 0 Å². The van der Waals surface area contributed by atoms with E-state index in [4.69, 9.17) is 5.11 Å². The summed E-state index contributed by atoms with van der Waals surface area (Å²) in [5.41, 5.74) is 0. The molecule has 5 nitrogen and oxygen atoms in total. The Hall–Kier alpha value is -1.26. The largest absolute Gasteiger partial charge is 0.480 e. The third-order valence-corrected chi connectivity index (χ3v) is 3.15. The number of nitrogens with zero attached hydrogens (tertiary/aromatic N) is 1. The molecule has 106 valence electrons. The van der Waals surface area contributed by atoms with Crippen molar-refractivity contribution < 1.29 is 14.7 Å². The smallest absolute Gasteiger partial charge is 0.323 e. The van der Waals surface area contributed by atoms with Gasteiger partial charge in [0.1, 0.15) is 6.54 Å². The Kier molecular flexibility index (Phi) is 8.16. The van der Waals surface area contributed by atoms with Gasteiger partial charge in [-0.05, 0) is 26.2 Å². The maximum Gasteiger partial charge on any atom is 0.323 e. The van der Waals surface area contributed by atoms with Crippen LogP contribution in [-0.2, 0) is 4.79 Å². The van der Waals surface area contributed by atoms with Gasteiger partial charge in [-0.3, -0.25) is 4.79 Å². The van der Waals surface area contributed by atoms with Crippen molar-refractivity contribution in [2.75, 3.05) is 6.54 Å². The second-order valence-corrected chi connectivity index (χ2v) is 4.62. The van der Waals surface area contributed by atoms with Gasteiger partial charge in [-0.2, -0.15) is 0 Å². The molecule has 0 heterocycles. The molecule has 0 saturated heterocycles. The van der Waals surface area contributed by atoms with Gasteiger partial charge in [0.2, 0.25) is 0 Å². The quantitative estimate of drug-likeness (QED) is 0.702. The van der Waals surface area contributed by atoms with Gasteiger partial charge in [0.05, 0.1) is 0 Å². The van der Waals surface area contributed by atoms with E-state index in [1.54, 1.807) is 0 Å². The molecule has 0 bridgehead atoms. The van der Waals surface area contributed by atoms with Crippen LogP contribution in [0.15, 0.2) is 0 Å². The molecule has 0 aromatic carbocycles. The second-order valence-electron chi connectivity index (χ2n) is 4.62. The van der Waals surface area contributed by atoms with Crippen molar-refractivity contribution in [2.45, 2.75) is 65.5 Å². The zero-order chi connectivity index (χ0) is 14.1. The highest BCUT2D eigenvalue weighted by Gasteiger charge is 2.22. The summed E-state index contributed by atoms with van der Waals surface area (Å²) < 4.78 is 0. The number of urea groups is 1. The number of carbonyl (C=O) groups is 2. The number of aliphatic carboxylic acids is 1. The molecule has 0 radical (unpaired) electrons. The third kappa shape index (κ3) is 5.89. The van der Waals surface area contributed by atoms with E-state index in [1.807, 2.05) is 20.8 Å².